The van der Waals surface area contributed by atoms with Crippen LogP contribution >= 0.6 is 12.2 Å². The Morgan fingerprint density at radius 1 is 1.15 bits per heavy atom. The summed E-state index contributed by atoms with van der Waals surface area (Å²) in [6.45, 7) is 0.640. The van der Waals surface area contributed by atoms with Crippen molar-refractivity contribution in [2.75, 3.05) is 12.8 Å². The molecule has 2 fully saturated rings. The minimum absolute atomic E-state index is 0.184. The first-order chi connectivity index (χ1) is 9.38. The Hall–Kier alpha value is -0.200. The average Bonchev–Trinajstić information content (AvgIpc) is 2.88. The van der Waals surface area contributed by atoms with Gasteiger partial charge in [0, 0.05) is 24.9 Å². The molecule has 0 heterocycles. The molecule has 0 aromatic carbocycles. The molecule has 20 heavy (non-hydrogen) atoms. The fraction of sp³-hybridized carbons (Fsp3) is 0.929. The largest absolute Gasteiger partial charge is 0.392 e. The Bertz CT molecular complexity index is 444. The van der Waals surface area contributed by atoms with Gasteiger partial charge in [-0.1, -0.05) is 31.5 Å². The van der Waals surface area contributed by atoms with E-state index in [9.17, 15) is 8.42 Å². The topological polar surface area (TPSA) is 63.4 Å². The summed E-state index contributed by atoms with van der Waals surface area (Å²) >= 11 is 5.10. The maximum Gasteiger partial charge on any atom is 0.150 e. The van der Waals surface area contributed by atoms with Crippen molar-refractivity contribution >= 4 is 27.0 Å². The van der Waals surface area contributed by atoms with E-state index in [2.05, 4.69) is 4.90 Å². The van der Waals surface area contributed by atoms with E-state index in [1.54, 1.807) is 0 Å². The van der Waals surface area contributed by atoms with Crippen molar-refractivity contribution in [1.29, 1.82) is 0 Å². The maximum atomic E-state index is 11.8. The molecule has 0 aliphatic heterocycles. The second-order valence-corrected chi connectivity index (χ2v) is 9.20. The van der Waals surface area contributed by atoms with Crippen molar-refractivity contribution in [1.82, 2.24) is 4.90 Å². The molecule has 4 nitrogen and oxygen atoms in total. The SMILES string of the molecule is CS(=O)(=O)C1CCCC(N(CC(N)=S)C2CCCC2)C1. The number of nitrogens with zero attached hydrogens (tertiary/aromatic N) is 1. The molecular weight excluding hydrogens is 292 g/mol. The van der Waals surface area contributed by atoms with Crippen LogP contribution in [0.3, 0.4) is 0 Å². The molecule has 2 aliphatic carbocycles. The molecular formula is C14H26N2O2S2. The van der Waals surface area contributed by atoms with Gasteiger partial charge in [-0.05, 0) is 32.1 Å². The molecule has 0 aromatic rings. The number of nitrogens with two attached hydrogens (primary N) is 1. The number of rotatable bonds is 5. The quantitative estimate of drug-likeness (QED) is 0.784. The third-order valence-corrected chi connectivity index (χ3v) is 6.57. The van der Waals surface area contributed by atoms with E-state index in [1.165, 1.54) is 31.9 Å². The number of hydrogen-bond acceptors (Lipinski definition) is 4. The Labute approximate surface area is 128 Å². The lowest BCUT2D eigenvalue weighted by molar-refractivity contribution is 0.127. The molecule has 0 saturated heterocycles. The predicted molar refractivity (Wildman–Crippen MR) is 86.6 cm³/mol. The van der Waals surface area contributed by atoms with E-state index >= 15 is 0 Å². The second-order valence-electron chi connectivity index (χ2n) is 6.35. The van der Waals surface area contributed by atoms with E-state index < -0.39 is 9.84 Å². The number of thiocarbonyl (C=S) groups is 1. The second kappa shape index (κ2) is 6.71. The Morgan fingerprint density at radius 3 is 2.30 bits per heavy atom. The molecule has 2 atom stereocenters. The summed E-state index contributed by atoms with van der Waals surface area (Å²) in [7, 11) is -2.94. The van der Waals surface area contributed by atoms with Gasteiger partial charge in [0.2, 0.25) is 0 Å². The monoisotopic (exact) mass is 318 g/mol. The Kier molecular flexibility index (Phi) is 5.42. The van der Waals surface area contributed by atoms with Crippen LogP contribution in [-0.2, 0) is 9.84 Å². The first-order valence-corrected chi connectivity index (χ1v) is 9.97. The summed E-state index contributed by atoms with van der Waals surface area (Å²) in [5.41, 5.74) is 5.76. The summed E-state index contributed by atoms with van der Waals surface area (Å²) in [6, 6.07) is 0.868. The van der Waals surface area contributed by atoms with Gasteiger partial charge >= 0.3 is 0 Å². The zero-order valence-corrected chi connectivity index (χ0v) is 13.9. The van der Waals surface area contributed by atoms with Crippen molar-refractivity contribution in [2.45, 2.75) is 68.7 Å². The van der Waals surface area contributed by atoms with Crippen LogP contribution in [-0.4, -0.2) is 48.4 Å². The van der Waals surface area contributed by atoms with Crippen LogP contribution in [0.5, 0.6) is 0 Å². The Balaban J connectivity index is 2.09. The van der Waals surface area contributed by atoms with E-state index in [4.69, 9.17) is 18.0 Å². The van der Waals surface area contributed by atoms with Gasteiger partial charge in [-0.2, -0.15) is 0 Å². The summed E-state index contributed by atoms with van der Waals surface area (Å²) in [5, 5.41) is -0.184. The number of sulfone groups is 1. The van der Waals surface area contributed by atoms with Crippen LogP contribution in [0.1, 0.15) is 51.4 Å². The van der Waals surface area contributed by atoms with Gasteiger partial charge in [0.15, 0.2) is 0 Å². The van der Waals surface area contributed by atoms with Crippen molar-refractivity contribution in [3.05, 3.63) is 0 Å². The highest BCUT2D eigenvalue weighted by Crippen LogP contribution is 2.32. The highest BCUT2D eigenvalue weighted by atomic mass is 32.2. The lowest BCUT2D eigenvalue weighted by Crippen LogP contribution is -2.49. The minimum Gasteiger partial charge on any atom is -0.392 e. The molecule has 6 heteroatoms. The van der Waals surface area contributed by atoms with Crippen LogP contribution in [0, 0.1) is 0 Å². The predicted octanol–water partition coefficient (Wildman–Crippen LogP) is 1.87. The van der Waals surface area contributed by atoms with Crippen molar-refractivity contribution in [3.8, 4) is 0 Å². The normalized spacial score (nSPS) is 28.9. The highest BCUT2D eigenvalue weighted by Gasteiger charge is 2.35. The lowest BCUT2D eigenvalue weighted by atomic mass is 9.92. The zero-order valence-electron chi connectivity index (χ0n) is 12.3. The first-order valence-electron chi connectivity index (χ1n) is 7.61. The fourth-order valence-corrected chi connectivity index (χ4v) is 5.10. The van der Waals surface area contributed by atoms with Gasteiger partial charge in [-0.3, -0.25) is 4.90 Å². The smallest absolute Gasteiger partial charge is 0.150 e. The standard InChI is InChI=1S/C14H26N2O2S2/c1-20(17,18)13-8-4-7-12(9-13)16(10-14(15)19)11-5-2-3-6-11/h11-13H,2-10H2,1H3,(H2,15,19). The Morgan fingerprint density at radius 2 is 1.75 bits per heavy atom. The van der Waals surface area contributed by atoms with Gasteiger partial charge in [0.25, 0.3) is 0 Å². The van der Waals surface area contributed by atoms with E-state index in [-0.39, 0.29) is 5.25 Å². The molecule has 0 spiro atoms. The van der Waals surface area contributed by atoms with Crippen LogP contribution in [0.25, 0.3) is 0 Å². The minimum atomic E-state index is -2.94. The molecule has 2 unspecified atom stereocenters. The highest BCUT2D eigenvalue weighted by molar-refractivity contribution is 7.91. The first kappa shape index (κ1) is 16.2. The lowest BCUT2D eigenvalue weighted by Gasteiger charge is -2.40. The average molecular weight is 319 g/mol. The third-order valence-electron chi connectivity index (χ3n) is 4.81. The maximum absolute atomic E-state index is 11.8. The van der Waals surface area contributed by atoms with Gasteiger partial charge in [-0.25, -0.2) is 8.42 Å². The van der Waals surface area contributed by atoms with Crippen molar-refractivity contribution in [3.63, 3.8) is 0 Å². The van der Waals surface area contributed by atoms with Gasteiger partial charge in [0.1, 0.15) is 9.84 Å². The molecule has 0 radical (unpaired) electrons. The van der Waals surface area contributed by atoms with Crippen LogP contribution in [0.2, 0.25) is 0 Å². The van der Waals surface area contributed by atoms with Gasteiger partial charge in [-0.15, -0.1) is 0 Å². The molecule has 0 bridgehead atoms. The summed E-state index contributed by atoms with van der Waals surface area (Å²) < 4.78 is 23.7. The number of hydrogen-bond donors (Lipinski definition) is 1. The summed E-state index contributed by atoms with van der Waals surface area (Å²) in [5.74, 6) is 0. The molecule has 0 aromatic heterocycles. The van der Waals surface area contributed by atoms with E-state index in [0.29, 0.717) is 23.6 Å². The fourth-order valence-electron chi connectivity index (χ4n) is 3.78. The van der Waals surface area contributed by atoms with Gasteiger partial charge in [0.05, 0.1) is 10.2 Å². The summed E-state index contributed by atoms with van der Waals surface area (Å²) in [4.78, 5) is 2.94. The van der Waals surface area contributed by atoms with Crippen LogP contribution in [0.15, 0.2) is 0 Å². The molecule has 0 amide bonds. The molecule has 2 aliphatic rings. The van der Waals surface area contributed by atoms with Gasteiger partial charge < -0.3 is 5.73 Å². The molecule has 2 N–H and O–H groups in total. The third kappa shape index (κ3) is 4.15. The summed E-state index contributed by atoms with van der Waals surface area (Å²) in [6.07, 6.45) is 9.91. The van der Waals surface area contributed by atoms with Crippen molar-refractivity contribution in [2.24, 2.45) is 5.73 Å². The molecule has 116 valence electrons. The van der Waals surface area contributed by atoms with E-state index in [0.717, 1.165) is 25.7 Å². The van der Waals surface area contributed by atoms with Crippen LogP contribution < -0.4 is 5.73 Å². The molecule has 2 rings (SSSR count). The molecule has 2 saturated carbocycles. The zero-order chi connectivity index (χ0) is 14.8. The van der Waals surface area contributed by atoms with Crippen molar-refractivity contribution < 1.29 is 8.42 Å². The van der Waals surface area contributed by atoms with Crippen LogP contribution in [0.4, 0.5) is 0 Å². The van der Waals surface area contributed by atoms with E-state index in [1.807, 2.05) is 0 Å².